The van der Waals surface area contributed by atoms with Crippen LogP contribution < -0.4 is 5.63 Å². The molecule has 0 amide bonds. The van der Waals surface area contributed by atoms with Crippen LogP contribution in [0.5, 0.6) is 0 Å². The molecule has 34 heavy (non-hydrogen) atoms. The first-order valence-electron chi connectivity index (χ1n) is 10.4. The number of aromatic nitrogens is 1. The van der Waals surface area contributed by atoms with Gasteiger partial charge in [0.2, 0.25) is 0 Å². The molecule has 0 bridgehead atoms. The fourth-order valence-electron chi connectivity index (χ4n) is 3.60. The van der Waals surface area contributed by atoms with Crippen molar-refractivity contribution in [3.8, 4) is 28.7 Å². The van der Waals surface area contributed by atoms with Gasteiger partial charge in [0.1, 0.15) is 27.9 Å². The molecule has 0 spiro atoms. The fourth-order valence-corrected chi connectivity index (χ4v) is 4.48. The predicted molar refractivity (Wildman–Crippen MR) is 130 cm³/mol. The minimum atomic E-state index is -0.688. The molecule has 3 aromatic heterocycles. The number of pyridine rings is 1. The Morgan fingerprint density at radius 2 is 1.79 bits per heavy atom. The number of thioether (sulfide) groups is 1. The smallest absolute Gasteiger partial charge is 0.347 e. The van der Waals surface area contributed by atoms with E-state index in [1.807, 2.05) is 30.3 Å². The van der Waals surface area contributed by atoms with Crippen LogP contribution in [0.2, 0.25) is 0 Å². The first-order chi connectivity index (χ1) is 16.6. The van der Waals surface area contributed by atoms with Gasteiger partial charge in [0.25, 0.3) is 0 Å². The van der Waals surface area contributed by atoms with Crippen molar-refractivity contribution in [1.82, 2.24) is 4.98 Å². The lowest BCUT2D eigenvalue weighted by molar-refractivity contribution is 0.101. The number of furan rings is 1. The molecule has 0 unspecified atom stereocenters. The number of para-hydroxylation sites is 1. The zero-order chi connectivity index (χ0) is 23.5. The number of hydrogen-bond donors (Lipinski definition) is 0. The van der Waals surface area contributed by atoms with Crippen molar-refractivity contribution in [3.63, 3.8) is 0 Å². The van der Waals surface area contributed by atoms with Crippen molar-refractivity contribution in [2.45, 2.75) is 5.03 Å². The molecule has 0 fully saturated rings. The maximum absolute atomic E-state index is 12.9. The zero-order valence-corrected chi connectivity index (χ0v) is 18.5. The molecule has 0 radical (unpaired) electrons. The molecule has 3 heterocycles. The molecule has 0 aliphatic heterocycles. The average Bonchev–Trinajstić information content (AvgIpc) is 3.42. The third kappa shape index (κ3) is 4.15. The van der Waals surface area contributed by atoms with E-state index >= 15 is 0 Å². The number of nitrogens with zero attached hydrogens (tertiary/aromatic N) is 2. The van der Waals surface area contributed by atoms with Gasteiger partial charge in [-0.15, -0.1) is 0 Å². The second-order valence-corrected chi connectivity index (χ2v) is 8.35. The molecule has 0 saturated carbocycles. The third-order valence-corrected chi connectivity index (χ3v) is 6.21. The fraction of sp³-hybridized carbons (Fsp3) is 0.0370. The number of hydrogen-bond acceptors (Lipinski definition) is 7. The second-order valence-electron chi connectivity index (χ2n) is 7.39. The van der Waals surface area contributed by atoms with E-state index in [0.29, 0.717) is 38.6 Å². The van der Waals surface area contributed by atoms with Gasteiger partial charge in [0.15, 0.2) is 11.5 Å². The van der Waals surface area contributed by atoms with Gasteiger partial charge in [-0.1, -0.05) is 60.3 Å². The van der Waals surface area contributed by atoms with Crippen molar-refractivity contribution in [3.05, 3.63) is 107 Å². The first-order valence-corrected chi connectivity index (χ1v) is 11.4. The van der Waals surface area contributed by atoms with Crippen LogP contribution >= 0.6 is 11.8 Å². The summed E-state index contributed by atoms with van der Waals surface area (Å²) in [5.41, 5.74) is 2.13. The highest BCUT2D eigenvalue weighted by atomic mass is 32.2. The van der Waals surface area contributed by atoms with E-state index in [1.165, 1.54) is 6.07 Å². The molecule has 164 valence electrons. The normalized spacial score (nSPS) is 10.8. The molecule has 2 aromatic carbocycles. The number of rotatable bonds is 6. The second kappa shape index (κ2) is 9.22. The predicted octanol–water partition coefficient (Wildman–Crippen LogP) is 5.96. The largest absolute Gasteiger partial charge is 0.463 e. The summed E-state index contributed by atoms with van der Waals surface area (Å²) < 4.78 is 10.8. The average molecular weight is 465 g/mol. The Balaban J connectivity index is 1.53. The van der Waals surface area contributed by atoms with Gasteiger partial charge in [-0.3, -0.25) is 4.79 Å². The van der Waals surface area contributed by atoms with Crippen molar-refractivity contribution in [2.75, 3.05) is 5.75 Å². The lowest BCUT2D eigenvalue weighted by Crippen LogP contribution is -2.15. The number of ketones is 1. The van der Waals surface area contributed by atoms with Crippen molar-refractivity contribution in [2.24, 2.45) is 0 Å². The molecule has 6 nitrogen and oxygen atoms in total. The van der Waals surface area contributed by atoms with E-state index in [0.717, 1.165) is 17.3 Å². The minimum Gasteiger partial charge on any atom is -0.463 e. The summed E-state index contributed by atoms with van der Waals surface area (Å²) in [6.45, 7) is 0. The lowest BCUT2D eigenvalue weighted by atomic mass is 10.0. The minimum absolute atomic E-state index is 0.0322. The van der Waals surface area contributed by atoms with Crippen LogP contribution in [-0.2, 0) is 0 Å². The molecule has 7 heteroatoms. The van der Waals surface area contributed by atoms with Crippen molar-refractivity contribution >= 4 is 28.5 Å². The van der Waals surface area contributed by atoms with Gasteiger partial charge in [-0.05, 0) is 35.9 Å². The van der Waals surface area contributed by atoms with E-state index in [2.05, 4.69) is 11.1 Å². The van der Waals surface area contributed by atoms with Gasteiger partial charge in [-0.25, -0.2) is 9.78 Å². The highest BCUT2D eigenvalue weighted by Crippen LogP contribution is 2.34. The van der Waals surface area contributed by atoms with E-state index in [-0.39, 0.29) is 11.3 Å². The van der Waals surface area contributed by atoms with E-state index in [9.17, 15) is 14.9 Å². The van der Waals surface area contributed by atoms with Crippen molar-refractivity contribution < 1.29 is 13.6 Å². The number of carbonyl (C=O) groups excluding carboxylic acids is 1. The molecular weight excluding hydrogens is 448 g/mol. The topological polar surface area (TPSA) is 97.1 Å². The Kier molecular flexibility index (Phi) is 5.81. The zero-order valence-electron chi connectivity index (χ0n) is 17.7. The summed E-state index contributed by atoms with van der Waals surface area (Å²) in [4.78, 5) is 29.9. The van der Waals surface area contributed by atoms with Crippen molar-refractivity contribution in [1.29, 1.82) is 5.26 Å². The Morgan fingerprint density at radius 3 is 2.56 bits per heavy atom. The summed E-state index contributed by atoms with van der Waals surface area (Å²) >= 11 is 1.10. The van der Waals surface area contributed by atoms with Crippen LogP contribution in [0.25, 0.3) is 33.6 Å². The molecule has 0 aliphatic carbocycles. The van der Waals surface area contributed by atoms with Crippen LogP contribution in [0.1, 0.15) is 15.9 Å². The van der Waals surface area contributed by atoms with Crippen LogP contribution in [0, 0.1) is 11.3 Å². The monoisotopic (exact) mass is 464 g/mol. The summed E-state index contributed by atoms with van der Waals surface area (Å²) in [5, 5.41) is 11.0. The number of benzene rings is 2. The standard InChI is InChI=1S/C27H16N2O4S/c28-15-21-19(17-7-2-1-3-8-17)14-22(25-11-6-12-32-25)29-26(21)34-16-23(30)20-13-18-9-4-5-10-24(18)33-27(20)31/h1-14H,16H2. The Bertz CT molecular complexity index is 1600. The summed E-state index contributed by atoms with van der Waals surface area (Å²) in [7, 11) is 0. The van der Waals surface area contributed by atoms with Gasteiger partial charge < -0.3 is 8.83 Å². The van der Waals surface area contributed by atoms with Gasteiger partial charge in [0, 0.05) is 10.9 Å². The molecular formula is C27H16N2O4S. The number of nitriles is 1. The molecule has 0 atom stereocenters. The van der Waals surface area contributed by atoms with Gasteiger partial charge >= 0.3 is 5.63 Å². The van der Waals surface area contributed by atoms with Crippen LogP contribution in [0.3, 0.4) is 0 Å². The highest BCUT2D eigenvalue weighted by Gasteiger charge is 2.20. The number of Topliss-reactive ketones (excluding diaryl/α,β-unsaturated/α-hetero) is 1. The SMILES string of the molecule is N#Cc1c(-c2ccccc2)cc(-c2ccco2)nc1SCC(=O)c1cc2ccccc2oc1=O. The highest BCUT2D eigenvalue weighted by molar-refractivity contribution is 8.00. The van der Waals surface area contributed by atoms with E-state index in [4.69, 9.17) is 8.83 Å². The van der Waals surface area contributed by atoms with Crippen LogP contribution in [0.4, 0.5) is 0 Å². The molecule has 5 rings (SSSR count). The van der Waals surface area contributed by atoms with Gasteiger partial charge in [-0.2, -0.15) is 5.26 Å². The number of carbonyl (C=O) groups is 1. The number of fused-ring (bicyclic) bond motifs is 1. The molecule has 0 aliphatic rings. The quantitative estimate of drug-likeness (QED) is 0.174. The van der Waals surface area contributed by atoms with Gasteiger partial charge in [0.05, 0.1) is 17.6 Å². The maximum Gasteiger partial charge on any atom is 0.347 e. The molecule has 5 aromatic rings. The first kappa shape index (κ1) is 21.4. The maximum atomic E-state index is 12.9. The summed E-state index contributed by atoms with van der Waals surface area (Å²) in [6.07, 6.45) is 1.55. The van der Waals surface area contributed by atoms with E-state index < -0.39 is 11.4 Å². The summed E-state index contributed by atoms with van der Waals surface area (Å²) in [5.74, 6) is 0.0607. The van der Waals surface area contributed by atoms with Crippen LogP contribution in [-0.4, -0.2) is 16.5 Å². The third-order valence-electron chi connectivity index (χ3n) is 5.24. The Hall–Kier alpha value is -4.41. The lowest BCUT2D eigenvalue weighted by Gasteiger charge is -2.11. The molecule has 0 N–H and O–H groups in total. The van der Waals surface area contributed by atoms with E-state index in [1.54, 1.807) is 48.7 Å². The molecule has 0 saturated heterocycles. The summed E-state index contributed by atoms with van der Waals surface area (Å²) in [6, 6.07) is 25.6. The Labute approximate surface area is 198 Å². The Morgan fingerprint density at radius 1 is 1.00 bits per heavy atom. The van der Waals surface area contributed by atoms with Crippen LogP contribution in [0.15, 0.2) is 104 Å².